The van der Waals surface area contributed by atoms with Crippen molar-refractivity contribution in [2.45, 2.75) is 56.1 Å². The van der Waals surface area contributed by atoms with Crippen molar-refractivity contribution in [3.8, 4) is 17.2 Å². The van der Waals surface area contributed by atoms with E-state index in [0.29, 0.717) is 5.56 Å². The van der Waals surface area contributed by atoms with Crippen LogP contribution in [0.4, 0.5) is 0 Å². The third-order valence-corrected chi connectivity index (χ3v) is 5.07. The van der Waals surface area contributed by atoms with Gasteiger partial charge in [0.05, 0.1) is 32.2 Å². The summed E-state index contributed by atoms with van der Waals surface area (Å²) in [7, 11) is 1.28. The molecule has 0 unspecified atom stereocenters. The van der Waals surface area contributed by atoms with Gasteiger partial charge in [0, 0.05) is 0 Å². The van der Waals surface area contributed by atoms with E-state index in [-0.39, 0.29) is 18.1 Å². The molecule has 0 radical (unpaired) electrons. The lowest BCUT2D eigenvalue weighted by molar-refractivity contribution is -0.277. The Morgan fingerprint density at radius 3 is 2.43 bits per heavy atom. The molecule has 35 heavy (non-hydrogen) atoms. The van der Waals surface area contributed by atoms with Crippen LogP contribution >= 0.6 is 0 Å². The first-order valence-electron chi connectivity index (χ1n) is 10.5. The van der Waals surface area contributed by atoms with E-state index in [2.05, 4.69) is 0 Å². The monoisotopic (exact) mass is 502 g/mol. The molecule has 7 N–H and O–H groups in total. The van der Waals surface area contributed by atoms with E-state index in [4.69, 9.17) is 24.1 Å². The summed E-state index contributed by atoms with van der Waals surface area (Å²) in [6.45, 7) is 0.356. The standard InChI is InChI=1S/C22H30O13/c1-22(31,8-15(25)26)9-16(27)33-5-3-4-11-6-12(24)20(13(7-11)32-2)35-21-19(30)18(29)17(28)14(10-23)34-21/h3-4,6-7,14,17-19,21,23-24,28-31H,5,8-10H2,1-2H3,(H,25,26)/t14-,17-,18+,19-,21+,22+/m1/s1. The molecule has 2 rings (SSSR count). The highest BCUT2D eigenvalue weighted by Crippen LogP contribution is 2.40. The topological polar surface area (TPSA) is 213 Å². The van der Waals surface area contributed by atoms with E-state index < -0.39 is 73.4 Å². The van der Waals surface area contributed by atoms with Gasteiger partial charge in [-0.25, -0.2) is 0 Å². The molecule has 1 aliphatic heterocycles. The van der Waals surface area contributed by atoms with Gasteiger partial charge in [-0.05, 0) is 30.7 Å². The second-order valence-corrected chi connectivity index (χ2v) is 8.22. The summed E-state index contributed by atoms with van der Waals surface area (Å²) >= 11 is 0. The van der Waals surface area contributed by atoms with Gasteiger partial charge in [-0.1, -0.05) is 6.08 Å². The number of aliphatic hydroxyl groups is 5. The summed E-state index contributed by atoms with van der Waals surface area (Å²) in [5.74, 6) is -2.70. The molecule has 0 saturated carbocycles. The summed E-state index contributed by atoms with van der Waals surface area (Å²) in [4.78, 5) is 22.5. The molecular formula is C22H30O13. The second-order valence-electron chi connectivity index (χ2n) is 8.22. The van der Waals surface area contributed by atoms with Gasteiger partial charge in [-0.15, -0.1) is 0 Å². The Labute approximate surface area is 200 Å². The molecule has 1 fully saturated rings. The van der Waals surface area contributed by atoms with E-state index in [0.717, 1.165) is 0 Å². The Kier molecular flexibility index (Phi) is 9.82. The van der Waals surface area contributed by atoms with Crippen LogP contribution < -0.4 is 9.47 Å². The number of carbonyl (C=O) groups is 2. The Hall–Kier alpha value is -2.94. The van der Waals surface area contributed by atoms with Crippen LogP contribution in [0.5, 0.6) is 17.2 Å². The number of carboxylic acid groups (broad SMARTS) is 1. The van der Waals surface area contributed by atoms with E-state index in [1.54, 1.807) is 0 Å². The minimum atomic E-state index is -1.75. The van der Waals surface area contributed by atoms with Crippen molar-refractivity contribution < 1.29 is 64.3 Å². The summed E-state index contributed by atoms with van der Waals surface area (Å²) in [5, 5.41) is 68.2. The summed E-state index contributed by atoms with van der Waals surface area (Å²) in [6, 6.07) is 2.70. The minimum Gasteiger partial charge on any atom is -0.504 e. The predicted octanol–water partition coefficient (Wildman–Crippen LogP) is -1.25. The van der Waals surface area contributed by atoms with Gasteiger partial charge in [-0.3, -0.25) is 9.59 Å². The molecule has 13 heteroatoms. The number of rotatable bonds is 11. The number of aromatic hydroxyl groups is 1. The van der Waals surface area contributed by atoms with Crippen LogP contribution in [0, 0.1) is 0 Å². The van der Waals surface area contributed by atoms with Crippen molar-refractivity contribution in [1.82, 2.24) is 0 Å². The van der Waals surface area contributed by atoms with Gasteiger partial charge in [-0.2, -0.15) is 0 Å². The number of phenols is 1. The summed E-state index contributed by atoms with van der Waals surface area (Å²) < 4.78 is 20.9. The molecule has 1 heterocycles. The number of benzene rings is 1. The molecule has 1 aromatic rings. The number of hydrogen-bond donors (Lipinski definition) is 7. The van der Waals surface area contributed by atoms with E-state index in [1.165, 1.54) is 38.3 Å². The average molecular weight is 502 g/mol. The number of hydrogen-bond acceptors (Lipinski definition) is 12. The zero-order valence-electron chi connectivity index (χ0n) is 19.1. The number of ether oxygens (including phenoxy) is 4. The normalized spacial score (nSPS) is 26.2. The Morgan fingerprint density at radius 2 is 1.83 bits per heavy atom. The maximum absolute atomic E-state index is 11.8. The maximum atomic E-state index is 11.8. The van der Waals surface area contributed by atoms with Crippen molar-refractivity contribution in [3.63, 3.8) is 0 Å². The molecule has 196 valence electrons. The molecule has 1 aromatic carbocycles. The van der Waals surface area contributed by atoms with Gasteiger partial charge in [0.15, 0.2) is 11.5 Å². The van der Waals surface area contributed by atoms with Gasteiger partial charge in [0.2, 0.25) is 12.0 Å². The van der Waals surface area contributed by atoms with Crippen LogP contribution in [-0.4, -0.2) is 104 Å². The fourth-order valence-electron chi connectivity index (χ4n) is 3.33. The quantitative estimate of drug-likeness (QED) is 0.176. The average Bonchev–Trinajstić information content (AvgIpc) is 2.76. The van der Waals surface area contributed by atoms with E-state index in [1.807, 2.05) is 0 Å². The van der Waals surface area contributed by atoms with Crippen molar-refractivity contribution in [2.24, 2.45) is 0 Å². The first kappa shape index (κ1) is 28.3. The fourth-order valence-corrected chi connectivity index (χ4v) is 3.33. The Balaban J connectivity index is 2.04. The first-order valence-corrected chi connectivity index (χ1v) is 10.5. The smallest absolute Gasteiger partial charge is 0.309 e. The van der Waals surface area contributed by atoms with Crippen LogP contribution in [0.15, 0.2) is 18.2 Å². The zero-order chi connectivity index (χ0) is 26.3. The number of phenolic OH excluding ortho intramolecular Hbond substituents is 1. The summed E-state index contributed by atoms with van der Waals surface area (Å²) in [5.41, 5.74) is -1.35. The highest BCUT2D eigenvalue weighted by Gasteiger charge is 2.45. The van der Waals surface area contributed by atoms with Crippen molar-refractivity contribution in [2.75, 3.05) is 20.3 Å². The predicted molar refractivity (Wildman–Crippen MR) is 117 cm³/mol. The molecule has 0 aliphatic carbocycles. The van der Waals surface area contributed by atoms with Gasteiger partial charge >= 0.3 is 11.9 Å². The molecule has 0 amide bonds. The first-order chi connectivity index (χ1) is 16.4. The second kappa shape index (κ2) is 12.2. The molecule has 0 bridgehead atoms. The maximum Gasteiger partial charge on any atom is 0.309 e. The van der Waals surface area contributed by atoms with Gasteiger partial charge in [0.25, 0.3) is 0 Å². The lowest BCUT2D eigenvalue weighted by Gasteiger charge is -2.39. The van der Waals surface area contributed by atoms with Crippen molar-refractivity contribution in [3.05, 3.63) is 23.8 Å². The van der Waals surface area contributed by atoms with E-state index in [9.17, 15) is 40.2 Å². The van der Waals surface area contributed by atoms with Crippen molar-refractivity contribution >= 4 is 18.0 Å². The SMILES string of the molecule is COc1cc(C=CCOC(=O)C[C@@](C)(O)CC(=O)O)cc(O)c1O[C@@H]1O[C@H](CO)[C@@H](O)[C@H](O)[C@H]1O. The largest absolute Gasteiger partial charge is 0.504 e. The Morgan fingerprint density at radius 1 is 1.14 bits per heavy atom. The minimum absolute atomic E-state index is 0.0170. The van der Waals surface area contributed by atoms with Crippen LogP contribution in [0.1, 0.15) is 25.3 Å². The highest BCUT2D eigenvalue weighted by atomic mass is 16.7. The van der Waals surface area contributed by atoms with Gasteiger partial charge in [0.1, 0.15) is 31.0 Å². The number of carbonyl (C=O) groups excluding carboxylic acids is 1. The third-order valence-electron chi connectivity index (χ3n) is 5.07. The van der Waals surface area contributed by atoms with E-state index >= 15 is 0 Å². The Bertz CT molecular complexity index is 911. The number of aliphatic hydroxyl groups excluding tert-OH is 4. The molecule has 1 saturated heterocycles. The lowest BCUT2D eigenvalue weighted by atomic mass is 9.98. The molecule has 13 nitrogen and oxygen atoms in total. The van der Waals surface area contributed by atoms with Crippen molar-refractivity contribution in [1.29, 1.82) is 0 Å². The third kappa shape index (κ3) is 7.78. The van der Waals surface area contributed by atoms with Crippen LogP contribution in [0.2, 0.25) is 0 Å². The van der Waals surface area contributed by atoms with Crippen LogP contribution in [0.3, 0.4) is 0 Å². The number of esters is 1. The number of methoxy groups -OCH3 is 1. The molecular weight excluding hydrogens is 472 g/mol. The molecule has 0 aromatic heterocycles. The molecule has 1 aliphatic rings. The number of aliphatic carboxylic acids is 1. The van der Waals surface area contributed by atoms with Gasteiger partial charge < -0.3 is 54.7 Å². The highest BCUT2D eigenvalue weighted by molar-refractivity contribution is 5.74. The summed E-state index contributed by atoms with van der Waals surface area (Å²) in [6.07, 6.45) is -5.90. The molecule has 0 spiro atoms. The van der Waals surface area contributed by atoms with Crippen LogP contribution in [-0.2, 0) is 19.1 Å². The fraction of sp³-hybridized carbons (Fsp3) is 0.545. The van der Waals surface area contributed by atoms with Crippen LogP contribution in [0.25, 0.3) is 6.08 Å². The zero-order valence-corrected chi connectivity index (χ0v) is 19.1. The number of carboxylic acids is 1. The molecule has 6 atom stereocenters. The lowest BCUT2D eigenvalue weighted by Crippen LogP contribution is -2.60.